The van der Waals surface area contributed by atoms with Gasteiger partial charge in [0.05, 0.1) is 16.6 Å². The lowest BCUT2D eigenvalue weighted by molar-refractivity contribution is 0.104. The molecule has 3 heterocycles. The second-order valence-corrected chi connectivity index (χ2v) is 8.01. The van der Waals surface area contributed by atoms with E-state index < -0.39 is 23.1 Å². The first-order chi connectivity index (χ1) is 17.8. The van der Waals surface area contributed by atoms with Crippen LogP contribution < -0.4 is 17.3 Å². The third kappa shape index (κ3) is 4.80. The number of carbonyl (C=O) groups excluding carboxylic acids is 1. The molecule has 0 bridgehead atoms. The maximum absolute atomic E-state index is 12.6. The number of H-pyrrole nitrogens is 3. The van der Waals surface area contributed by atoms with E-state index >= 15 is 0 Å². The predicted molar refractivity (Wildman–Crippen MR) is 133 cm³/mol. The van der Waals surface area contributed by atoms with E-state index in [1.807, 2.05) is 25.1 Å². The van der Waals surface area contributed by atoms with E-state index in [2.05, 4.69) is 15.0 Å². The third-order valence-corrected chi connectivity index (χ3v) is 5.38. The molecule has 3 aromatic heterocycles. The Morgan fingerprint density at radius 1 is 0.757 bits per heavy atom. The minimum Gasteiger partial charge on any atom is -0.408 e. The fourth-order valence-electron chi connectivity index (χ4n) is 3.68. The number of hydrogen-bond donors (Lipinski definition) is 3. The Labute approximate surface area is 205 Å². The largest absolute Gasteiger partial charge is 0.417 e. The normalized spacial score (nSPS) is 11.4. The molecule has 0 atom stereocenters. The van der Waals surface area contributed by atoms with Gasteiger partial charge in [-0.05, 0) is 66.6 Å². The average Bonchev–Trinajstić information content (AvgIpc) is 3.54. The van der Waals surface area contributed by atoms with Crippen LogP contribution in [0.4, 0.5) is 0 Å². The highest BCUT2D eigenvalue weighted by atomic mass is 16.4. The van der Waals surface area contributed by atoms with Gasteiger partial charge < -0.3 is 13.3 Å². The van der Waals surface area contributed by atoms with Crippen molar-refractivity contribution in [3.63, 3.8) is 0 Å². The summed E-state index contributed by atoms with van der Waals surface area (Å²) in [6, 6.07) is 16.6. The number of rotatable bonds is 3. The van der Waals surface area contributed by atoms with Gasteiger partial charge in [0.15, 0.2) is 16.7 Å². The Kier molecular flexibility index (Phi) is 5.75. The zero-order valence-corrected chi connectivity index (χ0v) is 19.1. The molecule has 3 aromatic carbocycles. The lowest BCUT2D eigenvalue weighted by Crippen LogP contribution is -2.01. The lowest BCUT2D eigenvalue weighted by Gasteiger charge is -2.00. The Morgan fingerprint density at radius 3 is 2.03 bits per heavy atom. The van der Waals surface area contributed by atoms with Crippen molar-refractivity contribution in [3.8, 4) is 6.07 Å². The second kappa shape index (κ2) is 9.20. The highest BCUT2D eigenvalue weighted by Gasteiger charge is 2.14. The molecular formula is C26H16N4O7. The number of benzene rings is 3. The van der Waals surface area contributed by atoms with Crippen LogP contribution in [0.1, 0.15) is 21.5 Å². The number of nitriles is 1. The van der Waals surface area contributed by atoms with E-state index in [0.717, 1.165) is 11.1 Å². The molecule has 0 spiro atoms. The molecule has 0 saturated carbocycles. The summed E-state index contributed by atoms with van der Waals surface area (Å²) < 4.78 is 14.7. The first kappa shape index (κ1) is 23.1. The van der Waals surface area contributed by atoms with Crippen LogP contribution in [-0.4, -0.2) is 20.7 Å². The van der Waals surface area contributed by atoms with Gasteiger partial charge in [-0.25, -0.2) is 14.4 Å². The first-order valence-corrected chi connectivity index (χ1v) is 10.8. The van der Waals surface area contributed by atoms with Gasteiger partial charge in [0.1, 0.15) is 11.6 Å². The molecule has 0 aliphatic heterocycles. The van der Waals surface area contributed by atoms with Crippen LogP contribution >= 0.6 is 0 Å². The van der Waals surface area contributed by atoms with Gasteiger partial charge in [0.25, 0.3) is 0 Å². The molecular weight excluding hydrogens is 480 g/mol. The maximum atomic E-state index is 12.6. The molecule has 182 valence electrons. The first-order valence-electron chi connectivity index (χ1n) is 10.8. The van der Waals surface area contributed by atoms with Crippen molar-refractivity contribution in [3.05, 3.63) is 109 Å². The number of aryl methyl sites for hydroxylation is 1. The van der Waals surface area contributed by atoms with Gasteiger partial charge in [0, 0.05) is 5.56 Å². The van der Waals surface area contributed by atoms with Crippen molar-refractivity contribution in [1.82, 2.24) is 15.0 Å². The Bertz CT molecular complexity index is 2050. The minimum absolute atomic E-state index is 0.104. The van der Waals surface area contributed by atoms with Crippen LogP contribution in [0.2, 0.25) is 0 Å². The molecule has 0 aliphatic rings. The number of Topliss-reactive ketones (excluding diaryl/α,β-unsaturated/α-hetero) is 1. The van der Waals surface area contributed by atoms with Gasteiger partial charge in [0.2, 0.25) is 5.78 Å². The highest BCUT2D eigenvalue weighted by Crippen LogP contribution is 2.19. The molecule has 11 nitrogen and oxygen atoms in total. The third-order valence-electron chi connectivity index (χ3n) is 5.38. The number of ketones is 1. The average molecular weight is 496 g/mol. The summed E-state index contributed by atoms with van der Waals surface area (Å²) in [4.78, 5) is 53.2. The topological polar surface area (TPSA) is 179 Å². The molecule has 37 heavy (non-hydrogen) atoms. The number of nitrogens with zero attached hydrogens (tertiary/aromatic N) is 1. The Balaban J connectivity index is 0.000000212. The number of nitrogens with one attached hydrogen (secondary N) is 3. The predicted octanol–water partition coefficient (Wildman–Crippen LogP) is 3.78. The molecule has 3 N–H and O–H groups in total. The summed E-state index contributed by atoms with van der Waals surface area (Å²) in [5.41, 5.74) is 4.67. The Morgan fingerprint density at radius 2 is 1.35 bits per heavy atom. The number of hydrogen-bond acceptors (Lipinski definition) is 8. The molecule has 0 aliphatic carbocycles. The number of carbonyl (C=O) groups is 1. The van der Waals surface area contributed by atoms with Crippen molar-refractivity contribution in [2.45, 2.75) is 6.92 Å². The molecule has 11 heteroatoms. The number of allylic oxidation sites excluding steroid dienone is 1. The van der Waals surface area contributed by atoms with Crippen molar-refractivity contribution in [1.29, 1.82) is 5.26 Å². The molecule has 6 rings (SSSR count). The number of aromatic amines is 3. The summed E-state index contributed by atoms with van der Waals surface area (Å²) >= 11 is 0. The van der Waals surface area contributed by atoms with Crippen molar-refractivity contribution in [2.75, 3.05) is 0 Å². The number of aromatic nitrogens is 3. The lowest BCUT2D eigenvalue weighted by atomic mass is 10.0. The van der Waals surface area contributed by atoms with Crippen LogP contribution in [0.3, 0.4) is 0 Å². The number of fused-ring (bicyclic) bond motifs is 3. The molecule has 0 amide bonds. The quantitative estimate of drug-likeness (QED) is 0.188. The fourth-order valence-corrected chi connectivity index (χ4v) is 3.68. The van der Waals surface area contributed by atoms with E-state index in [1.165, 1.54) is 24.3 Å². The van der Waals surface area contributed by atoms with Gasteiger partial charge in [-0.2, -0.15) is 5.26 Å². The van der Waals surface area contributed by atoms with Crippen LogP contribution in [0.5, 0.6) is 0 Å². The molecule has 0 saturated heterocycles. The Hall–Kier alpha value is -5.63. The van der Waals surface area contributed by atoms with Gasteiger partial charge >= 0.3 is 17.3 Å². The van der Waals surface area contributed by atoms with E-state index in [9.17, 15) is 24.4 Å². The van der Waals surface area contributed by atoms with Crippen LogP contribution in [0, 0.1) is 18.3 Å². The SMILES string of the molecule is Cc1ccc2oc(=O)[nH]c2c1.N#C/C(=C\c1ccc2oc(=O)[nH]c2c1)C(=O)c1ccc2[nH]c(=O)oc2c1. The van der Waals surface area contributed by atoms with Gasteiger partial charge in [-0.1, -0.05) is 12.1 Å². The van der Waals surface area contributed by atoms with E-state index in [1.54, 1.807) is 24.3 Å². The van der Waals surface area contributed by atoms with Crippen molar-refractivity contribution >= 4 is 45.2 Å². The van der Waals surface area contributed by atoms with E-state index in [4.69, 9.17) is 13.3 Å². The van der Waals surface area contributed by atoms with Crippen LogP contribution in [-0.2, 0) is 0 Å². The monoisotopic (exact) mass is 496 g/mol. The van der Waals surface area contributed by atoms with E-state index in [-0.39, 0.29) is 16.7 Å². The number of oxazole rings is 3. The molecule has 0 unspecified atom stereocenters. The highest BCUT2D eigenvalue weighted by molar-refractivity contribution is 6.15. The smallest absolute Gasteiger partial charge is 0.408 e. The van der Waals surface area contributed by atoms with Gasteiger partial charge in [-0.3, -0.25) is 19.7 Å². The zero-order chi connectivity index (χ0) is 26.1. The van der Waals surface area contributed by atoms with Crippen molar-refractivity contribution in [2.24, 2.45) is 0 Å². The maximum Gasteiger partial charge on any atom is 0.417 e. The summed E-state index contributed by atoms with van der Waals surface area (Å²) in [6.07, 6.45) is 1.41. The van der Waals surface area contributed by atoms with Crippen LogP contribution in [0.15, 0.2) is 87.8 Å². The van der Waals surface area contributed by atoms with E-state index in [0.29, 0.717) is 27.8 Å². The fraction of sp³-hybridized carbons (Fsp3) is 0.0385. The summed E-state index contributed by atoms with van der Waals surface area (Å²) in [5.74, 6) is -2.12. The molecule has 6 aromatic rings. The standard InChI is InChI=1S/C18H9N3O5.C8H7NO2/c19-8-11(5-9-1-4-14-13(6-9)21-18(24)25-14)16(22)10-2-3-12-15(7-10)26-17(23)20-12;1-5-2-3-7-6(4-5)9-8(10)11-7/h1-7H,(H,20,23)(H,21,24);2-4H,1H3,(H,9,10)/b11-5+;. The zero-order valence-electron chi connectivity index (χ0n) is 19.1. The van der Waals surface area contributed by atoms with Gasteiger partial charge in [-0.15, -0.1) is 0 Å². The van der Waals surface area contributed by atoms with Crippen molar-refractivity contribution < 1.29 is 18.0 Å². The summed E-state index contributed by atoms with van der Waals surface area (Å²) in [7, 11) is 0. The van der Waals surface area contributed by atoms with Crippen LogP contribution in [0.25, 0.3) is 39.4 Å². The molecule has 0 radical (unpaired) electrons. The molecule has 0 fully saturated rings. The summed E-state index contributed by atoms with van der Waals surface area (Å²) in [5, 5.41) is 9.36. The second-order valence-electron chi connectivity index (χ2n) is 8.01. The summed E-state index contributed by atoms with van der Waals surface area (Å²) in [6.45, 7) is 1.96. The minimum atomic E-state index is -0.622.